The summed E-state index contributed by atoms with van der Waals surface area (Å²) in [6, 6.07) is 34.2. The standard InChI is InChI=1S/C24H22N4OS.C15H12F3NO.C9H8ClN3S.C6H2Cl2N2S.C3H7N/c1-15-4-2-6-17(12-15)24(29)26-19-7-3-5-16(13-19)14-21-27-20-10-11-30-22(20)23(28-21)25-18-8-9-18;16-15(17,18)12-5-2-4-11(9-12)14(20)8-10-3-1-6-13(19)7-10;10-9-12-6-3-4-14-7(6)8(13-9)11-5-1-2-5;7-5-4-3(1-2-11-4)9-6(8)10-5;4-3-1-2-3/h2-7,10-13,18H,8-9,14H2,1H3,(H,26,29)(H,25,27,28);1-7,9H,8,19H2;3-5H,1-2H2,(H,11,12,13);1-2H;3H,1-2,4H2. The zero-order chi connectivity index (χ0) is 55.6. The van der Waals surface area contributed by atoms with Gasteiger partial charge in [0.1, 0.15) is 17.5 Å². The lowest BCUT2D eigenvalue weighted by atomic mass is 10.0. The number of rotatable bonds is 11. The van der Waals surface area contributed by atoms with Gasteiger partial charge < -0.3 is 27.4 Å². The van der Waals surface area contributed by atoms with E-state index in [2.05, 4.69) is 41.3 Å². The number of carbonyl (C=O) groups is 2. The molecule has 0 unspecified atom stereocenters. The highest BCUT2D eigenvalue weighted by Gasteiger charge is 2.31. The summed E-state index contributed by atoms with van der Waals surface area (Å²) in [6.45, 7) is 1.98. The minimum Gasteiger partial charge on any atom is -0.399 e. The van der Waals surface area contributed by atoms with Gasteiger partial charge in [0.2, 0.25) is 10.6 Å². The number of hydrogen-bond donors (Lipinski definition) is 5. The molecule has 13 nitrogen and oxygen atoms in total. The van der Waals surface area contributed by atoms with Crippen molar-refractivity contribution in [1.82, 2.24) is 29.9 Å². The number of benzene rings is 4. The van der Waals surface area contributed by atoms with Crippen LogP contribution in [0.15, 0.2) is 131 Å². The fraction of sp³-hybridized carbons (Fsp3) is 0.228. The number of amides is 1. The number of nitrogens with two attached hydrogens (primary N) is 2. The zero-order valence-corrected chi connectivity index (χ0v) is 47.0. The minimum atomic E-state index is -4.45. The van der Waals surface area contributed by atoms with Gasteiger partial charge >= 0.3 is 6.18 Å². The summed E-state index contributed by atoms with van der Waals surface area (Å²) >= 11 is 22.0. The number of alkyl halides is 3. The molecule has 0 radical (unpaired) electrons. The number of thiophene rings is 3. The van der Waals surface area contributed by atoms with E-state index in [9.17, 15) is 22.8 Å². The summed E-state index contributed by atoms with van der Waals surface area (Å²) in [5.41, 5.74) is 17.5. The Kier molecular flexibility index (Phi) is 18.7. The predicted molar refractivity (Wildman–Crippen MR) is 316 cm³/mol. The lowest BCUT2D eigenvalue weighted by Gasteiger charge is -2.10. The van der Waals surface area contributed by atoms with E-state index in [-0.39, 0.29) is 29.0 Å². The van der Waals surface area contributed by atoms with E-state index in [1.807, 2.05) is 84.4 Å². The number of hydrogen-bond acceptors (Lipinski definition) is 15. The lowest BCUT2D eigenvalue weighted by Crippen LogP contribution is -2.12. The monoisotopic (exact) mass is 1180 g/mol. The number of nitrogens with zero attached hydrogens (tertiary/aromatic N) is 6. The number of anilines is 4. The molecule has 0 bridgehead atoms. The van der Waals surface area contributed by atoms with E-state index in [0.29, 0.717) is 51.8 Å². The van der Waals surface area contributed by atoms with Crippen LogP contribution in [0.3, 0.4) is 0 Å². The van der Waals surface area contributed by atoms with Crippen molar-refractivity contribution in [2.24, 2.45) is 5.73 Å². The summed E-state index contributed by atoms with van der Waals surface area (Å²) in [5, 5.41) is 16.8. The molecule has 6 aromatic heterocycles. The normalized spacial score (nSPS) is 13.6. The topological polar surface area (TPSA) is 200 Å². The minimum absolute atomic E-state index is 0.0202. The number of halogens is 6. The SMILES string of the molecule is Cc1cccc(C(=O)Nc2cccc(Cc3nc(NC4CC4)c4sccc4n3)c2)c1.Clc1nc(Cl)c2sccc2n1.Clc1nc(NC2CC2)c2sccc2n1.NC1CC1.Nc1cccc(CC(=O)c2cccc(C(F)(F)F)c2)c1. The molecule has 10 aromatic rings. The van der Waals surface area contributed by atoms with Gasteiger partial charge in [0.15, 0.2) is 10.9 Å². The molecule has 406 valence electrons. The van der Waals surface area contributed by atoms with Crippen LogP contribution >= 0.6 is 68.8 Å². The van der Waals surface area contributed by atoms with Gasteiger partial charge in [-0.1, -0.05) is 65.7 Å². The van der Waals surface area contributed by atoms with Gasteiger partial charge in [0, 0.05) is 53.5 Å². The van der Waals surface area contributed by atoms with Crippen LogP contribution < -0.4 is 27.4 Å². The van der Waals surface area contributed by atoms with Gasteiger partial charge in [-0.25, -0.2) is 24.9 Å². The molecular formula is C57H51Cl3F3N11O2S3. The summed E-state index contributed by atoms with van der Waals surface area (Å²) in [6.07, 6.45) is 3.58. The molecule has 0 spiro atoms. The number of ketones is 1. The van der Waals surface area contributed by atoms with Crippen LogP contribution in [0.4, 0.5) is 36.2 Å². The van der Waals surface area contributed by atoms with Crippen molar-refractivity contribution in [3.8, 4) is 0 Å². The first kappa shape index (κ1) is 56.9. The van der Waals surface area contributed by atoms with Gasteiger partial charge in [-0.2, -0.15) is 18.2 Å². The number of carbonyl (C=O) groups excluding carboxylic acids is 2. The first-order valence-corrected chi connectivity index (χ1v) is 28.8. The number of Topliss-reactive ketones (excluding diaryl/α,β-unsaturated/α-hetero) is 1. The Morgan fingerprint density at radius 3 is 1.80 bits per heavy atom. The molecule has 3 aliphatic rings. The molecule has 0 atom stereocenters. The predicted octanol–water partition coefficient (Wildman–Crippen LogP) is 15.2. The smallest absolute Gasteiger partial charge is 0.399 e. The number of nitrogens with one attached hydrogen (secondary N) is 3. The fourth-order valence-corrected chi connectivity index (χ4v) is 10.5. The average molecular weight is 1180 g/mol. The Labute approximate surface area is 480 Å². The van der Waals surface area contributed by atoms with Gasteiger partial charge in [-0.15, -0.1) is 34.0 Å². The second kappa shape index (κ2) is 26.0. The fourth-order valence-electron chi connectivity index (χ4n) is 7.55. The Hall–Kier alpha value is -6.84. The summed E-state index contributed by atoms with van der Waals surface area (Å²) < 4.78 is 40.8. The van der Waals surface area contributed by atoms with Gasteiger partial charge in [-0.05, 0) is 163 Å². The Balaban J connectivity index is 0.000000133. The van der Waals surface area contributed by atoms with Crippen LogP contribution in [-0.4, -0.2) is 59.7 Å². The second-order valence-corrected chi connectivity index (χ2v) is 22.6. The van der Waals surface area contributed by atoms with Gasteiger partial charge in [-0.3, -0.25) is 9.59 Å². The molecule has 3 aliphatic carbocycles. The van der Waals surface area contributed by atoms with Gasteiger partial charge in [0.25, 0.3) is 5.91 Å². The van der Waals surface area contributed by atoms with E-state index in [0.717, 1.165) is 77.1 Å². The number of fused-ring (bicyclic) bond motifs is 3. The molecule has 1 amide bonds. The number of aromatic nitrogens is 6. The zero-order valence-electron chi connectivity index (χ0n) is 42.2. The Morgan fingerprint density at radius 1 is 0.620 bits per heavy atom. The highest BCUT2D eigenvalue weighted by atomic mass is 35.5. The van der Waals surface area contributed by atoms with Crippen molar-refractivity contribution < 1.29 is 22.8 Å². The van der Waals surface area contributed by atoms with E-state index in [1.165, 1.54) is 62.0 Å². The maximum absolute atomic E-state index is 12.6. The van der Waals surface area contributed by atoms with Crippen LogP contribution in [-0.2, 0) is 19.0 Å². The van der Waals surface area contributed by atoms with Crippen LogP contribution in [0.5, 0.6) is 0 Å². The highest BCUT2D eigenvalue weighted by molar-refractivity contribution is 7.18. The first-order valence-electron chi connectivity index (χ1n) is 25.0. The molecule has 22 heteroatoms. The van der Waals surface area contributed by atoms with Crippen LogP contribution in [0.25, 0.3) is 30.6 Å². The molecule has 0 aliphatic heterocycles. The van der Waals surface area contributed by atoms with Crippen LogP contribution in [0.2, 0.25) is 15.7 Å². The maximum atomic E-state index is 12.6. The molecule has 7 N–H and O–H groups in total. The third-order valence-electron chi connectivity index (χ3n) is 12.0. The molecule has 79 heavy (non-hydrogen) atoms. The number of aryl methyl sites for hydroxylation is 1. The molecule has 6 heterocycles. The van der Waals surface area contributed by atoms with Crippen LogP contribution in [0.1, 0.15) is 87.3 Å². The summed E-state index contributed by atoms with van der Waals surface area (Å²) in [5.74, 6) is 2.13. The van der Waals surface area contributed by atoms with Crippen LogP contribution in [0, 0.1) is 6.92 Å². The Morgan fingerprint density at radius 2 is 1.18 bits per heavy atom. The van der Waals surface area contributed by atoms with Crippen molar-refractivity contribution in [2.45, 2.75) is 82.6 Å². The highest BCUT2D eigenvalue weighted by Crippen LogP contribution is 2.34. The summed E-state index contributed by atoms with van der Waals surface area (Å²) in [7, 11) is 0. The van der Waals surface area contributed by atoms with Gasteiger partial charge in [0.05, 0.1) is 36.2 Å². The maximum Gasteiger partial charge on any atom is 0.416 e. The molecule has 3 fully saturated rings. The van der Waals surface area contributed by atoms with Crippen molar-refractivity contribution in [2.75, 3.05) is 21.7 Å². The quantitative estimate of drug-likeness (QED) is 0.0356. The first-order chi connectivity index (χ1) is 38.0. The Bertz CT molecular complexity index is 3750. The van der Waals surface area contributed by atoms with E-state index < -0.39 is 11.7 Å². The van der Waals surface area contributed by atoms with Crippen molar-refractivity contribution in [3.05, 3.63) is 186 Å². The van der Waals surface area contributed by atoms with E-state index in [1.54, 1.807) is 46.9 Å². The third-order valence-corrected chi connectivity index (χ3v) is 15.4. The lowest BCUT2D eigenvalue weighted by molar-refractivity contribution is -0.137. The summed E-state index contributed by atoms with van der Waals surface area (Å²) in [4.78, 5) is 50.2. The van der Waals surface area contributed by atoms with Crippen molar-refractivity contribution in [1.29, 1.82) is 0 Å². The van der Waals surface area contributed by atoms with Crippen molar-refractivity contribution in [3.63, 3.8) is 0 Å². The average Bonchev–Trinajstić information content (AvgIpc) is 4.46. The van der Waals surface area contributed by atoms with Crippen molar-refractivity contribution >= 4 is 134 Å². The molecule has 3 saturated carbocycles. The molecule has 0 saturated heterocycles. The second-order valence-electron chi connectivity index (χ2n) is 18.8. The molecular weight excluding hydrogens is 1130 g/mol. The largest absolute Gasteiger partial charge is 0.416 e. The molecule has 4 aromatic carbocycles. The third kappa shape index (κ3) is 16.8. The molecule has 13 rings (SSSR count). The van der Waals surface area contributed by atoms with E-state index in [4.69, 9.17) is 56.2 Å². The number of nitrogen functional groups attached to an aromatic ring is 1. The van der Waals surface area contributed by atoms with E-state index >= 15 is 0 Å².